The molecule has 3 nitrogen and oxygen atoms in total. The first kappa shape index (κ1) is 17.2. The van der Waals surface area contributed by atoms with E-state index in [2.05, 4.69) is 6.92 Å². The van der Waals surface area contributed by atoms with E-state index in [1.165, 1.54) is 6.07 Å². The van der Waals surface area contributed by atoms with Crippen LogP contribution in [-0.4, -0.2) is 10.5 Å². The summed E-state index contributed by atoms with van der Waals surface area (Å²) in [4.78, 5) is 12.0. The summed E-state index contributed by atoms with van der Waals surface area (Å²) in [5.74, 6) is -1.47. The molecule has 1 amide bonds. The second kappa shape index (κ2) is 6.50. The Morgan fingerprint density at radius 3 is 2.59 bits per heavy atom. The number of hydrogen-bond acceptors (Lipinski definition) is 1. The molecule has 0 aliphatic heterocycles. The molecule has 0 bridgehead atoms. The molecule has 136 valence electrons. The number of nitrogens with zero attached hydrogens (tertiary/aromatic N) is 1. The van der Waals surface area contributed by atoms with Gasteiger partial charge in [-0.25, -0.2) is 8.78 Å². The van der Waals surface area contributed by atoms with Crippen LogP contribution in [0.5, 0.6) is 0 Å². The molecule has 0 aliphatic carbocycles. The fraction of sp³-hybridized carbons (Fsp3) is 0.136. The number of halogens is 2. The van der Waals surface area contributed by atoms with E-state index in [9.17, 15) is 13.6 Å². The van der Waals surface area contributed by atoms with Crippen molar-refractivity contribution in [3.8, 4) is 0 Å². The number of aryl methyl sites for hydroxylation is 1. The Labute approximate surface area is 155 Å². The molecule has 0 aliphatic rings. The van der Waals surface area contributed by atoms with Crippen molar-refractivity contribution < 1.29 is 13.6 Å². The molecule has 0 saturated carbocycles. The molecule has 5 heteroatoms. The zero-order chi connectivity index (χ0) is 19.1. The minimum Gasteiger partial charge on any atom is -0.366 e. The standard InChI is InChI=1S/C22H18F2N2O/c1-2-13-6-8-16-20(10-13)26(12-14-11-15(23)7-9-18(14)24)19-5-3-4-17(21(16)19)22(25)27/h3-11H,2,12H2,1H3,(H2,25,27). The highest BCUT2D eigenvalue weighted by Crippen LogP contribution is 2.33. The molecule has 1 heterocycles. The minimum atomic E-state index is -0.517. The molecule has 1 aromatic heterocycles. The van der Waals surface area contributed by atoms with Gasteiger partial charge < -0.3 is 10.3 Å². The third kappa shape index (κ3) is 2.85. The van der Waals surface area contributed by atoms with Crippen LogP contribution in [0.2, 0.25) is 0 Å². The van der Waals surface area contributed by atoms with Gasteiger partial charge in [-0.1, -0.05) is 25.1 Å². The summed E-state index contributed by atoms with van der Waals surface area (Å²) in [5.41, 5.74) is 8.98. The molecule has 0 atom stereocenters. The molecule has 27 heavy (non-hydrogen) atoms. The van der Waals surface area contributed by atoms with Crippen molar-refractivity contribution in [1.82, 2.24) is 4.57 Å². The summed E-state index contributed by atoms with van der Waals surface area (Å²) in [6.45, 7) is 2.20. The van der Waals surface area contributed by atoms with Gasteiger partial charge in [0.05, 0.1) is 12.1 Å². The van der Waals surface area contributed by atoms with E-state index < -0.39 is 17.5 Å². The fourth-order valence-corrected chi connectivity index (χ4v) is 3.62. The first-order chi connectivity index (χ1) is 13.0. The van der Waals surface area contributed by atoms with Crippen molar-refractivity contribution in [2.45, 2.75) is 19.9 Å². The average Bonchev–Trinajstić information content (AvgIpc) is 2.97. The normalized spacial score (nSPS) is 11.4. The Kier molecular flexibility index (Phi) is 4.15. The monoisotopic (exact) mass is 364 g/mol. The Balaban J connectivity index is 2.06. The van der Waals surface area contributed by atoms with E-state index in [4.69, 9.17) is 5.73 Å². The number of carbonyl (C=O) groups excluding carboxylic acids is 1. The van der Waals surface area contributed by atoms with Crippen molar-refractivity contribution in [2.75, 3.05) is 0 Å². The van der Waals surface area contributed by atoms with E-state index >= 15 is 0 Å². The largest absolute Gasteiger partial charge is 0.366 e. The summed E-state index contributed by atoms with van der Waals surface area (Å²) in [7, 11) is 0. The molecule has 0 spiro atoms. The zero-order valence-electron chi connectivity index (χ0n) is 14.8. The van der Waals surface area contributed by atoms with Crippen LogP contribution in [0.15, 0.2) is 54.6 Å². The molecule has 2 N–H and O–H groups in total. The number of fused-ring (bicyclic) bond motifs is 3. The second-order valence-corrected chi connectivity index (χ2v) is 6.59. The SMILES string of the molecule is CCc1ccc2c3c(C(N)=O)cccc3n(Cc3cc(F)ccc3F)c2c1. The van der Waals surface area contributed by atoms with Gasteiger partial charge in [-0.05, 0) is 48.4 Å². The highest BCUT2D eigenvalue weighted by molar-refractivity contribution is 6.17. The van der Waals surface area contributed by atoms with Crippen molar-refractivity contribution in [1.29, 1.82) is 0 Å². The van der Waals surface area contributed by atoms with Gasteiger partial charge >= 0.3 is 0 Å². The maximum absolute atomic E-state index is 14.3. The molecular weight excluding hydrogens is 346 g/mol. The number of primary amides is 1. The third-order valence-electron chi connectivity index (χ3n) is 4.97. The van der Waals surface area contributed by atoms with Gasteiger partial charge in [-0.15, -0.1) is 0 Å². The summed E-state index contributed by atoms with van der Waals surface area (Å²) >= 11 is 0. The summed E-state index contributed by atoms with van der Waals surface area (Å²) in [6, 6.07) is 14.7. The molecule has 0 unspecified atom stereocenters. The lowest BCUT2D eigenvalue weighted by molar-refractivity contribution is 0.100. The number of aromatic nitrogens is 1. The first-order valence-corrected chi connectivity index (χ1v) is 8.77. The van der Waals surface area contributed by atoms with Gasteiger partial charge in [0.2, 0.25) is 5.91 Å². The predicted molar refractivity (Wildman–Crippen MR) is 103 cm³/mol. The van der Waals surface area contributed by atoms with E-state index in [1.807, 2.05) is 28.8 Å². The van der Waals surface area contributed by atoms with Gasteiger partial charge in [0.1, 0.15) is 11.6 Å². The first-order valence-electron chi connectivity index (χ1n) is 8.77. The molecular formula is C22H18F2N2O. The number of amides is 1. The van der Waals surface area contributed by atoms with Crippen LogP contribution in [0.25, 0.3) is 21.8 Å². The van der Waals surface area contributed by atoms with Crippen molar-refractivity contribution in [3.05, 3.63) is 82.9 Å². The van der Waals surface area contributed by atoms with E-state index in [-0.39, 0.29) is 12.1 Å². The summed E-state index contributed by atoms with van der Waals surface area (Å²) in [6.07, 6.45) is 0.842. The lowest BCUT2D eigenvalue weighted by Crippen LogP contribution is -2.11. The van der Waals surface area contributed by atoms with Gasteiger partial charge in [0.25, 0.3) is 0 Å². The Morgan fingerprint density at radius 2 is 1.85 bits per heavy atom. The fourth-order valence-electron chi connectivity index (χ4n) is 3.62. The maximum Gasteiger partial charge on any atom is 0.249 e. The molecule has 0 saturated heterocycles. The van der Waals surface area contributed by atoms with Crippen molar-refractivity contribution >= 4 is 27.7 Å². The number of rotatable bonds is 4. The Bertz CT molecular complexity index is 1190. The summed E-state index contributed by atoms with van der Waals surface area (Å²) < 4.78 is 29.8. The highest BCUT2D eigenvalue weighted by atomic mass is 19.1. The van der Waals surface area contributed by atoms with Gasteiger partial charge in [-0.3, -0.25) is 4.79 Å². The van der Waals surface area contributed by atoms with Crippen LogP contribution < -0.4 is 5.73 Å². The minimum absolute atomic E-state index is 0.152. The summed E-state index contributed by atoms with van der Waals surface area (Å²) in [5, 5.41) is 1.60. The van der Waals surface area contributed by atoms with Crippen molar-refractivity contribution in [3.63, 3.8) is 0 Å². The van der Waals surface area contributed by atoms with Gasteiger partial charge in [0, 0.05) is 27.4 Å². The lowest BCUT2D eigenvalue weighted by atomic mass is 10.0. The number of carbonyl (C=O) groups is 1. The van der Waals surface area contributed by atoms with Crippen LogP contribution in [0.1, 0.15) is 28.4 Å². The van der Waals surface area contributed by atoms with Crippen LogP contribution >= 0.6 is 0 Å². The maximum atomic E-state index is 14.3. The number of benzene rings is 3. The van der Waals surface area contributed by atoms with E-state index in [0.29, 0.717) is 5.56 Å². The molecule has 4 rings (SSSR count). The topological polar surface area (TPSA) is 48.0 Å². The van der Waals surface area contributed by atoms with Crippen LogP contribution in [-0.2, 0) is 13.0 Å². The van der Waals surface area contributed by atoms with Crippen LogP contribution in [0.4, 0.5) is 8.78 Å². The van der Waals surface area contributed by atoms with Gasteiger partial charge in [0.15, 0.2) is 0 Å². The Hall–Kier alpha value is -3.21. The number of nitrogens with two attached hydrogens (primary N) is 1. The second-order valence-electron chi connectivity index (χ2n) is 6.59. The zero-order valence-corrected chi connectivity index (χ0v) is 14.8. The smallest absolute Gasteiger partial charge is 0.249 e. The average molecular weight is 364 g/mol. The lowest BCUT2D eigenvalue weighted by Gasteiger charge is -2.10. The Morgan fingerprint density at radius 1 is 1.04 bits per heavy atom. The number of hydrogen-bond donors (Lipinski definition) is 1. The van der Waals surface area contributed by atoms with Crippen LogP contribution in [0.3, 0.4) is 0 Å². The highest BCUT2D eigenvalue weighted by Gasteiger charge is 2.17. The quantitative estimate of drug-likeness (QED) is 0.556. The molecule has 3 aromatic carbocycles. The molecule has 0 fully saturated rings. The molecule has 0 radical (unpaired) electrons. The molecule has 4 aromatic rings. The third-order valence-corrected chi connectivity index (χ3v) is 4.97. The predicted octanol–water partition coefficient (Wildman–Crippen LogP) is 4.78. The van der Waals surface area contributed by atoms with Gasteiger partial charge in [-0.2, -0.15) is 0 Å². The van der Waals surface area contributed by atoms with Crippen LogP contribution in [0, 0.1) is 11.6 Å². The van der Waals surface area contributed by atoms with Crippen molar-refractivity contribution in [2.24, 2.45) is 5.73 Å². The van der Waals surface area contributed by atoms with E-state index in [0.717, 1.165) is 45.9 Å². The van der Waals surface area contributed by atoms with E-state index in [1.54, 1.807) is 12.1 Å².